The van der Waals surface area contributed by atoms with Crippen LogP contribution in [-0.2, 0) is 11.2 Å². The van der Waals surface area contributed by atoms with Crippen LogP contribution in [0.3, 0.4) is 0 Å². The van der Waals surface area contributed by atoms with Gasteiger partial charge in [-0.3, -0.25) is 0 Å². The van der Waals surface area contributed by atoms with Crippen molar-refractivity contribution in [3.63, 3.8) is 0 Å². The molecule has 4 heteroatoms. The molecule has 0 spiro atoms. The maximum atomic E-state index is 6.48. The predicted octanol–water partition coefficient (Wildman–Crippen LogP) is 2.52. The van der Waals surface area contributed by atoms with Gasteiger partial charge in [0.15, 0.2) is 0 Å². The number of benzene rings is 2. The van der Waals surface area contributed by atoms with Crippen LogP contribution in [0.1, 0.15) is 28.4 Å². The average molecular weight is 295 g/mol. The Morgan fingerprint density at radius 3 is 2.36 bits per heavy atom. The van der Waals surface area contributed by atoms with Crippen LogP contribution in [-0.4, -0.2) is 19.2 Å². The number of methoxy groups -OCH3 is 1. The Morgan fingerprint density at radius 2 is 1.68 bits per heavy atom. The topological polar surface area (TPSA) is 64.5 Å². The highest BCUT2D eigenvalue weighted by Crippen LogP contribution is 2.36. The summed E-state index contributed by atoms with van der Waals surface area (Å²) in [5.74, 6) is 6.09. The first-order valence-corrected chi connectivity index (χ1v) is 7.32. The summed E-state index contributed by atoms with van der Waals surface area (Å²) in [5, 5.41) is 1.59. The third-order valence-corrected chi connectivity index (χ3v) is 4.17. The first-order chi connectivity index (χ1) is 10.6. The zero-order chi connectivity index (χ0) is 15.7. The lowest BCUT2D eigenvalue weighted by Crippen LogP contribution is -2.29. The first kappa shape index (κ1) is 14.6. The second-order valence-corrected chi connectivity index (χ2v) is 5.55. The summed E-state index contributed by atoms with van der Waals surface area (Å²) >= 11 is 0. The molecule has 0 heterocycles. The Kier molecular flexibility index (Phi) is 3.88. The number of hydrazine groups is 1. The van der Waals surface area contributed by atoms with Gasteiger partial charge in [0, 0.05) is 31.7 Å². The van der Waals surface area contributed by atoms with E-state index in [1.165, 1.54) is 5.56 Å². The van der Waals surface area contributed by atoms with Gasteiger partial charge in [0.05, 0.1) is 17.5 Å². The van der Waals surface area contributed by atoms with Crippen molar-refractivity contribution in [2.24, 2.45) is 11.6 Å². The summed E-state index contributed by atoms with van der Waals surface area (Å²) in [6, 6.07) is 16.3. The molecule has 114 valence electrons. The fraction of sp³-hybridized carbons (Fsp3) is 0.222. The Hall–Kier alpha value is -2.30. The van der Waals surface area contributed by atoms with E-state index in [0.29, 0.717) is 5.70 Å². The van der Waals surface area contributed by atoms with Crippen LogP contribution in [0.5, 0.6) is 0 Å². The largest absolute Gasteiger partial charge is 0.396 e. The van der Waals surface area contributed by atoms with Gasteiger partial charge in [-0.15, -0.1) is 0 Å². The van der Waals surface area contributed by atoms with Crippen molar-refractivity contribution in [3.05, 3.63) is 70.8 Å². The summed E-state index contributed by atoms with van der Waals surface area (Å²) < 4.78 is 5.75. The van der Waals surface area contributed by atoms with E-state index < -0.39 is 0 Å². The summed E-state index contributed by atoms with van der Waals surface area (Å²) in [6.45, 7) is 0. The van der Waals surface area contributed by atoms with E-state index in [2.05, 4.69) is 12.1 Å². The van der Waals surface area contributed by atoms with Gasteiger partial charge in [0.2, 0.25) is 0 Å². The molecule has 4 N–H and O–H groups in total. The minimum Gasteiger partial charge on any atom is -0.396 e. The highest BCUT2D eigenvalue weighted by atomic mass is 16.5. The van der Waals surface area contributed by atoms with E-state index in [1.807, 2.05) is 43.4 Å². The van der Waals surface area contributed by atoms with E-state index in [0.717, 1.165) is 28.8 Å². The molecule has 4 nitrogen and oxygen atoms in total. The van der Waals surface area contributed by atoms with Crippen molar-refractivity contribution in [1.29, 1.82) is 0 Å². The number of hydrogen-bond acceptors (Lipinski definition) is 4. The van der Waals surface area contributed by atoms with E-state index in [-0.39, 0.29) is 6.10 Å². The van der Waals surface area contributed by atoms with Crippen molar-refractivity contribution in [2.45, 2.75) is 12.5 Å². The lowest BCUT2D eigenvalue weighted by Gasteiger charge is -2.29. The van der Waals surface area contributed by atoms with Crippen molar-refractivity contribution in [3.8, 4) is 0 Å². The minimum absolute atomic E-state index is 0.0274. The quantitative estimate of drug-likeness (QED) is 0.660. The van der Waals surface area contributed by atoms with Crippen molar-refractivity contribution in [2.75, 3.05) is 14.2 Å². The van der Waals surface area contributed by atoms with Crippen molar-refractivity contribution in [1.82, 2.24) is 5.01 Å². The summed E-state index contributed by atoms with van der Waals surface area (Å²) in [5.41, 5.74) is 12.3. The number of fused-ring (bicyclic) bond motifs is 2. The lowest BCUT2D eigenvalue weighted by atomic mass is 9.88. The standard InChI is InChI=1S/C18H21N3O/c1-21(20)18-15-10-6-5-9-14(15)16(22-2)11-12-7-3-4-8-13(12)17(18)19/h3-10,16H,11,19-20H2,1-2H3/b18-17-. The molecule has 0 fully saturated rings. The van der Waals surface area contributed by atoms with E-state index >= 15 is 0 Å². The van der Waals surface area contributed by atoms with Gasteiger partial charge < -0.3 is 15.5 Å². The molecule has 0 aromatic heterocycles. The average Bonchev–Trinajstić information content (AvgIpc) is 2.52. The van der Waals surface area contributed by atoms with Gasteiger partial charge in [-0.1, -0.05) is 48.5 Å². The van der Waals surface area contributed by atoms with Gasteiger partial charge in [-0.05, 0) is 11.1 Å². The second-order valence-electron chi connectivity index (χ2n) is 5.55. The molecule has 0 aliphatic heterocycles. The predicted molar refractivity (Wildman–Crippen MR) is 89.3 cm³/mol. The van der Waals surface area contributed by atoms with Crippen LogP contribution in [0.25, 0.3) is 11.4 Å². The second kappa shape index (κ2) is 5.83. The molecule has 0 saturated carbocycles. The fourth-order valence-corrected chi connectivity index (χ4v) is 3.13. The molecule has 1 aliphatic rings. The molecule has 3 rings (SSSR count). The van der Waals surface area contributed by atoms with Crippen LogP contribution >= 0.6 is 0 Å². The Bertz CT molecular complexity index is 722. The smallest absolute Gasteiger partial charge is 0.0868 e. The fourth-order valence-electron chi connectivity index (χ4n) is 3.13. The molecule has 0 bridgehead atoms. The maximum absolute atomic E-state index is 6.48. The number of hydrogen-bond donors (Lipinski definition) is 2. The molecule has 1 atom stereocenters. The molecule has 22 heavy (non-hydrogen) atoms. The van der Waals surface area contributed by atoms with E-state index in [1.54, 1.807) is 12.1 Å². The minimum atomic E-state index is -0.0274. The molecule has 0 amide bonds. The zero-order valence-corrected chi connectivity index (χ0v) is 12.9. The number of rotatable bonds is 2. The van der Waals surface area contributed by atoms with Crippen LogP contribution in [0.4, 0.5) is 0 Å². The highest BCUT2D eigenvalue weighted by Gasteiger charge is 2.25. The van der Waals surface area contributed by atoms with E-state index in [4.69, 9.17) is 16.3 Å². The first-order valence-electron chi connectivity index (χ1n) is 7.32. The number of nitrogens with two attached hydrogens (primary N) is 2. The van der Waals surface area contributed by atoms with Gasteiger partial charge in [-0.2, -0.15) is 0 Å². The molecule has 2 aromatic carbocycles. The molecule has 2 aromatic rings. The van der Waals surface area contributed by atoms with Gasteiger partial charge in [0.1, 0.15) is 0 Å². The molecule has 1 unspecified atom stereocenters. The molecule has 1 aliphatic carbocycles. The normalized spacial score (nSPS) is 20.6. The van der Waals surface area contributed by atoms with Gasteiger partial charge >= 0.3 is 0 Å². The number of nitrogens with zero attached hydrogens (tertiary/aromatic N) is 1. The van der Waals surface area contributed by atoms with Crippen LogP contribution < -0.4 is 11.6 Å². The zero-order valence-electron chi connectivity index (χ0n) is 12.9. The summed E-state index contributed by atoms with van der Waals surface area (Å²) in [7, 11) is 3.55. The van der Waals surface area contributed by atoms with Crippen molar-refractivity contribution < 1.29 is 4.74 Å². The molecular formula is C18H21N3O. The highest BCUT2D eigenvalue weighted by molar-refractivity contribution is 5.90. The van der Waals surface area contributed by atoms with Crippen LogP contribution in [0.2, 0.25) is 0 Å². The van der Waals surface area contributed by atoms with Crippen molar-refractivity contribution >= 4 is 11.4 Å². The summed E-state index contributed by atoms with van der Waals surface area (Å²) in [6.07, 6.45) is 0.756. The van der Waals surface area contributed by atoms with Gasteiger partial charge in [0.25, 0.3) is 0 Å². The molecular weight excluding hydrogens is 274 g/mol. The SMILES string of the molecule is COC1Cc2ccccc2/C(N)=C(/N(C)N)c2ccccc21. The summed E-state index contributed by atoms with van der Waals surface area (Å²) in [4.78, 5) is 0. The maximum Gasteiger partial charge on any atom is 0.0868 e. The third kappa shape index (κ3) is 2.36. The van der Waals surface area contributed by atoms with E-state index in [9.17, 15) is 0 Å². The molecule has 0 saturated heterocycles. The Labute approximate surface area is 131 Å². The monoisotopic (exact) mass is 295 g/mol. The third-order valence-electron chi connectivity index (χ3n) is 4.17. The van der Waals surface area contributed by atoms with Crippen LogP contribution in [0.15, 0.2) is 48.5 Å². The Morgan fingerprint density at radius 1 is 1.05 bits per heavy atom. The number of ether oxygens (including phenoxy) is 1. The lowest BCUT2D eigenvalue weighted by molar-refractivity contribution is 0.103. The van der Waals surface area contributed by atoms with Gasteiger partial charge in [-0.25, -0.2) is 5.84 Å². The Balaban J connectivity index is 2.35. The molecule has 0 radical (unpaired) electrons. The van der Waals surface area contributed by atoms with Crippen LogP contribution in [0, 0.1) is 0 Å².